The number of benzene rings is 2. The third-order valence-electron chi connectivity index (χ3n) is 3.13. The second-order valence-corrected chi connectivity index (χ2v) is 4.85. The number of carbonyl (C=O) groups is 1. The van der Waals surface area contributed by atoms with Crippen molar-refractivity contribution in [3.05, 3.63) is 77.1 Å². The minimum atomic E-state index is -0.506. The van der Waals surface area contributed by atoms with E-state index in [1.54, 1.807) is 24.3 Å². The van der Waals surface area contributed by atoms with E-state index < -0.39 is 11.9 Å². The number of hydrogen-bond acceptors (Lipinski definition) is 3. The summed E-state index contributed by atoms with van der Waals surface area (Å²) >= 11 is 0. The predicted molar refractivity (Wildman–Crippen MR) is 86.0 cm³/mol. The Morgan fingerprint density at radius 2 is 2.00 bits per heavy atom. The number of hydrogen-bond donors (Lipinski definition) is 2. The van der Waals surface area contributed by atoms with Crippen LogP contribution in [-0.4, -0.2) is 17.7 Å². The standard InChI is InChI=1S/C18H18FNO3/c19-17-9-8-14(11-16(17)12-21)7-4-10-20-18(22)23-13-15-5-2-1-3-6-15/h1-9,11,21H,10,12-13H2,(H,20,22). The molecule has 0 aromatic heterocycles. The Labute approximate surface area is 134 Å². The average Bonchev–Trinajstić information content (AvgIpc) is 2.59. The molecule has 0 saturated carbocycles. The minimum absolute atomic E-state index is 0.216. The highest BCUT2D eigenvalue weighted by molar-refractivity contribution is 5.67. The van der Waals surface area contributed by atoms with Crippen molar-refractivity contribution in [2.75, 3.05) is 6.54 Å². The summed E-state index contributed by atoms with van der Waals surface area (Å²) in [5.74, 6) is -0.438. The highest BCUT2D eigenvalue weighted by atomic mass is 19.1. The van der Waals surface area contributed by atoms with Crippen molar-refractivity contribution < 1.29 is 19.0 Å². The summed E-state index contributed by atoms with van der Waals surface area (Å²) in [5, 5.41) is 11.6. The van der Waals surface area contributed by atoms with Gasteiger partial charge in [0.1, 0.15) is 12.4 Å². The van der Waals surface area contributed by atoms with Gasteiger partial charge in [0.15, 0.2) is 0 Å². The zero-order valence-corrected chi connectivity index (χ0v) is 12.5. The maximum absolute atomic E-state index is 13.2. The van der Waals surface area contributed by atoms with Crippen molar-refractivity contribution in [2.45, 2.75) is 13.2 Å². The zero-order valence-electron chi connectivity index (χ0n) is 12.5. The molecule has 0 spiro atoms. The Morgan fingerprint density at radius 3 is 2.74 bits per heavy atom. The normalized spacial score (nSPS) is 10.7. The molecule has 2 rings (SSSR count). The Morgan fingerprint density at radius 1 is 1.22 bits per heavy atom. The van der Waals surface area contributed by atoms with Crippen LogP contribution in [-0.2, 0) is 18.0 Å². The minimum Gasteiger partial charge on any atom is -0.445 e. The number of halogens is 1. The molecular formula is C18H18FNO3. The number of alkyl carbamates (subject to hydrolysis) is 1. The number of ether oxygens (including phenoxy) is 1. The van der Waals surface area contributed by atoms with Crippen LogP contribution in [0.25, 0.3) is 6.08 Å². The lowest BCUT2D eigenvalue weighted by molar-refractivity contribution is 0.141. The van der Waals surface area contributed by atoms with E-state index in [1.807, 2.05) is 30.3 Å². The van der Waals surface area contributed by atoms with Crippen LogP contribution in [0.5, 0.6) is 0 Å². The van der Waals surface area contributed by atoms with Gasteiger partial charge in [-0.3, -0.25) is 0 Å². The summed E-state index contributed by atoms with van der Waals surface area (Å²) in [5.41, 5.74) is 1.90. The van der Waals surface area contributed by atoms with Gasteiger partial charge in [0.05, 0.1) is 6.61 Å². The fourth-order valence-electron chi connectivity index (χ4n) is 1.93. The third kappa shape index (κ3) is 5.56. The van der Waals surface area contributed by atoms with Gasteiger partial charge in [-0.25, -0.2) is 9.18 Å². The van der Waals surface area contributed by atoms with Gasteiger partial charge in [-0.05, 0) is 23.3 Å². The smallest absolute Gasteiger partial charge is 0.407 e. The molecule has 0 saturated heterocycles. The molecule has 2 aromatic carbocycles. The molecule has 0 heterocycles. The van der Waals surface area contributed by atoms with Crippen LogP contribution >= 0.6 is 0 Å². The average molecular weight is 315 g/mol. The van der Waals surface area contributed by atoms with Crippen molar-refractivity contribution in [3.8, 4) is 0 Å². The van der Waals surface area contributed by atoms with Crippen LogP contribution < -0.4 is 5.32 Å². The van der Waals surface area contributed by atoms with Gasteiger partial charge < -0.3 is 15.2 Å². The van der Waals surface area contributed by atoms with Crippen LogP contribution in [0, 0.1) is 5.82 Å². The van der Waals surface area contributed by atoms with E-state index in [-0.39, 0.29) is 18.8 Å². The first-order valence-electron chi connectivity index (χ1n) is 7.19. The second kappa shape index (κ2) is 8.70. The van der Waals surface area contributed by atoms with Gasteiger partial charge in [0.25, 0.3) is 0 Å². The largest absolute Gasteiger partial charge is 0.445 e. The van der Waals surface area contributed by atoms with Crippen LogP contribution in [0.2, 0.25) is 0 Å². The van der Waals surface area contributed by atoms with Gasteiger partial charge in [-0.15, -0.1) is 0 Å². The summed E-state index contributed by atoms with van der Waals surface area (Å²) in [4.78, 5) is 11.5. The van der Waals surface area contributed by atoms with Crippen molar-refractivity contribution in [2.24, 2.45) is 0 Å². The first-order valence-corrected chi connectivity index (χ1v) is 7.19. The molecule has 0 radical (unpaired) electrons. The molecule has 0 fully saturated rings. The number of aliphatic hydroxyl groups excluding tert-OH is 1. The number of aliphatic hydroxyl groups is 1. The van der Waals surface area contributed by atoms with Crippen molar-refractivity contribution in [3.63, 3.8) is 0 Å². The molecule has 23 heavy (non-hydrogen) atoms. The monoisotopic (exact) mass is 315 g/mol. The van der Waals surface area contributed by atoms with Gasteiger partial charge in [-0.2, -0.15) is 0 Å². The Bertz CT molecular complexity index is 671. The van der Waals surface area contributed by atoms with E-state index in [0.29, 0.717) is 6.54 Å². The van der Waals surface area contributed by atoms with Gasteiger partial charge in [0, 0.05) is 12.1 Å². The second-order valence-electron chi connectivity index (χ2n) is 4.85. The summed E-state index contributed by atoms with van der Waals surface area (Å²) < 4.78 is 18.3. The van der Waals surface area contributed by atoms with Crippen molar-refractivity contribution in [1.82, 2.24) is 5.32 Å². The quantitative estimate of drug-likeness (QED) is 0.860. The lowest BCUT2D eigenvalue weighted by atomic mass is 10.1. The molecule has 2 aromatic rings. The van der Waals surface area contributed by atoms with E-state index in [0.717, 1.165) is 11.1 Å². The molecule has 0 unspecified atom stereocenters. The Balaban J connectivity index is 1.74. The fourth-order valence-corrected chi connectivity index (χ4v) is 1.93. The number of carbonyl (C=O) groups excluding carboxylic acids is 1. The van der Waals surface area contributed by atoms with E-state index in [1.165, 1.54) is 6.07 Å². The Kier molecular flexibility index (Phi) is 6.32. The maximum Gasteiger partial charge on any atom is 0.407 e. The molecule has 0 aliphatic rings. The number of rotatable bonds is 6. The molecule has 0 bridgehead atoms. The highest BCUT2D eigenvalue weighted by Gasteiger charge is 2.01. The Hall–Kier alpha value is -2.66. The molecule has 0 atom stereocenters. The first-order chi connectivity index (χ1) is 11.2. The lowest BCUT2D eigenvalue weighted by Crippen LogP contribution is -2.24. The molecule has 4 nitrogen and oxygen atoms in total. The number of amides is 1. The van der Waals surface area contributed by atoms with E-state index in [9.17, 15) is 9.18 Å². The van der Waals surface area contributed by atoms with E-state index >= 15 is 0 Å². The topological polar surface area (TPSA) is 58.6 Å². The highest BCUT2D eigenvalue weighted by Crippen LogP contribution is 2.11. The molecule has 0 aliphatic carbocycles. The van der Waals surface area contributed by atoms with Crippen LogP contribution in [0.3, 0.4) is 0 Å². The lowest BCUT2D eigenvalue weighted by Gasteiger charge is -2.05. The summed E-state index contributed by atoms with van der Waals surface area (Å²) in [7, 11) is 0. The van der Waals surface area contributed by atoms with Crippen LogP contribution in [0.4, 0.5) is 9.18 Å². The van der Waals surface area contributed by atoms with Crippen molar-refractivity contribution >= 4 is 12.2 Å². The maximum atomic E-state index is 13.2. The summed E-state index contributed by atoms with van der Waals surface area (Å²) in [6.45, 7) is 0.158. The van der Waals surface area contributed by atoms with Gasteiger partial charge in [0.2, 0.25) is 0 Å². The van der Waals surface area contributed by atoms with Crippen LogP contribution in [0.15, 0.2) is 54.6 Å². The van der Waals surface area contributed by atoms with Crippen molar-refractivity contribution in [1.29, 1.82) is 0 Å². The molecule has 0 aliphatic heterocycles. The molecule has 1 amide bonds. The third-order valence-corrected chi connectivity index (χ3v) is 3.13. The fraction of sp³-hybridized carbons (Fsp3) is 0.167. The number of nitrogens with one attached hydrogen (secondary N) is 1. The van der Waals surface area contributed by atoms with Crippen LogP contribution in [0.1, 0.15) is 16.7 Å². The summed E-state index contributed by atoms with van der Waals surface area (Å²) in [6.07, 6.45) is 2.95. The van der Waals surface area contributed by atoms with E-state index in [4.69, 9.17) is 9.84 Å². The SMILES string of the molecule is O=C(NCC=Cc1ccc(F)c(CO)c1)OCc1ccccc1. The first kappa shape index (κ1) is 16.7. The molecule has 5 heteroatoms. The van der Waals surface area contributed by atoms with Gasteiger partial charge in [-0.1, -0.05) is 48.6 Å². The van der Waals surface area contributed by atoms with Gasteiger partial charge >= 0.3 is 6.09 Å². The zero-order chi connectivity index (χ0) is 16.5. The molecular weight excluding hydrogens is 297 g/mol. The molecule has 2 N–H and O–H groups in total. The predicted octanol–water partition coefficient (Wildman–Crippen LogP) is 3.26. The summed E-state index contributed by atoms with van der Waals surface area (Å²) in [6, 6.07) is 13.9. The van der Waals surface area contributed by atoms with E-state index in [2.05, 4.69) is 5.32 Å². The molecule has 120 valence electrons.